The average Bonchev–Trinajstić information content (AvgIpc) is 2.63. The highest BCUT2D eigenvalue weighted by Gasteiger charge is 2.24. The van der Waals surface area contributed by atoms with Gasteiger partial charge < -0.3 is 10.4 Å². The van der Waals surface area contributed by atoms with Crippen LogP contribution in [-0.4, -0.2) is 42.8 Å². The number of benzene rings is 2. The zero-order valence-corrected chi connectivity index (χ0v) is 16.2. The molecule has 2 aromatic carbocycles. The van der Waals surface area contributed by atoms with Crippen LogP contribution in [0.3, 0.4) is 0 Å². The van der Waals surface area contributed by atoms with Crippen molar-refractivity contribution >= 4 is 27.6 Å². The third-order valence-corrected chi connectivity index (χ3v) is 6.36. The fourth-order valence-electron chi connectivity index (χ4n) is 2.62. The van der Waals surface area contributed by atoms with E-state index in [1.165, 1.54) is 34.6 Å². The van der Waals surface area contributed by atoms with Gasteiger partial charge >= 0.3 is 5.97 Å². The molecule has 2 rings (SSSR count). The van der Waals surface area contributed by atoms with Crippen LogP contribution in [0, 0.1) is 6.92 Å². The summed E-state index contributed by atoms with van der Waals surface area (Å²) in [5.41, 5.74) is 1.28. The lowest BCUT2D eigenvalue weighted by atomic mass is 10.1. The molecule has 2 N–H and O–H groups in total. The van der Waals surface area contributed by atoms with Gasteiger partial charge in [-0.1, -0.05) is 19.9 Å². The van der Waals surface area contributed by atoms with Crippen molar-refractivity contribution in [1.29, 1.82) is 0 Å². The molecule has 0 spiro atoms. The van der Waals surface area contributed by atoms with Crippen LogP contribution in [0.15, 0.2) is 47.4 Å². The van der Waals surface area contributed by atoms with Gasteiger partial charge in [0.05, 0.1) is 10.5 Å². The minimum Gasteiger partial charge on any atom is -0.478 e. The molecule has 0 aliphatic carbocycles. The first-order valence-corrected chi connectivity index (χ1v) is 9.90. The Labute approximate surface area is 158 Å². The maximum Gasteiger partial charge on any atom is 0.335 e. The van der Waals surface area contributed by atoms with Crippen LogP contribution in [0.2, 0.25) is 0 Å². The van der Waals surface area contributed by atoms with Gasteiger partial charge in [0.1, 0.15) is 0 Å². The lowest BCUT2D eigenvalue weighted by Crippen LogP contribution is -2.31. The number of carbonyl (C=O) groups excluding carboxylic acids is 1. The zero-order valence-electron chi connectivity index (χ0n) is 15.4. The number of carbonyl (C=O) groups is 2. The molecule has 0 fully saturated rings. The van der Waals surface area contributed by atoms with Gasteiger partial charge in [-0.15, -0.1) is 0 Å². The van der Waals surface area contributed by atoms with E-state index in [1.54, 1.807) is 32.9 Å². The third kappa shape index (κ3) is 4.53. The monoisotopic (exact) mass is 390 g/mol. The van der Waals surface area contributed by atoms with Crippen LogP contribution >= 0.6 is 0 Å². The van der Waals surface area contributed by atoms with E-state index < -0.39 is 21.9 Å². The number of carboxylic acid groups (broad SMARTS) is 1. The summed E-state index contributed by atoms with van der Waals surface area (Å²) >= 11 is 0. The van der Waals surface area contributed by atoms with Crippen molar-refractivity contribution in [3.8, 4) is 0 Å². The van der Waals surface area contributed by atoms with Crippen LogP contribution in [0.4, 0.5) is 5.69 Å². The van der Waals surface area contributed by atoms with Crippen molar-refractivity contribution in [3.05, 3.63) is 59.2 Å². The summed E-state index contributed by atoms with van der Waals surface area (Å²) in [4.78, 5) is 23.5. The van der Waals surface area contributed by atoms with E-state index in [0.717, 1.165) is 0 Å². The number of nitrogens with one attached hydrogen (secondary N) is 1. The van der Waals surface area contributed by atoms with Crippen LogP contribution in [-0.2, 0) is 10.0 Å². The van der Waals surface area contributed by atoms with Crippen molar-refractivity contribution in [2.45, 2.75) is 25.7 Å². The van der Waals surface area contributed by atoms with E-state index in [1.807, 2.05) is 0 Å². The number of amides is 1. The fraction of sp³-hybridized carbons (Fsp3) is 0.263. The lowest BCUT2D eigenvalue weighted by Gasteiger charge is -2.20. The summed E-state index contributed by atoms with van der Waals surface area (Å²) in [5, 5.41) is 11.5. The molecule has 0 radical (unpaired) electrons. The number of anilines is 1. The third-order valence-electron chi connectivity index (χ3n) is 4.16. The predicted molar refractivity (Wildman–Crippen MR) is 103 cm³/mol. The molecule has 0 heterocycles. The number of carboxylic acids is 1. The Morgan fingerprint density at radius 2 is 1.56 bits per heavy atom. The van der Waals surface area contributed by atoms with Crippen LogP contribution in [0.1, 0.15) is 40.1 Å². The molecule has 0 atom stereocenters. The second-order valence-corrected chi connectivity index (χ2v) is 7.81. The average molecular weight is 390 g/mol. The summed E-state index contributed by atoms with van der Waals surface area (Å²) in [6, 6.07) is 10.2. The van der Waals surface area contributed by atoms with Crippen LogP contribution in [0.25, 0.3) is 0 Å². The molecule has 0 aliphatic rings. The Balaban J connectivity index is 2.31. The zero-order chi connectivity index (χ0) is 20.2. The first-order chi connectivity index (χ1) is 12.7. The molecule has 144 valence electrons. The maximum absolute atomic E-state index is 12.8. The van der Waals surface area contributed by atoms with Crippen molar-refractivity contribution in [2.24, 2.45) is 0 Å². The number of aryl methyl sites for hydroxylation is 1. The Kier molecular flexibility index (Phi) is 6.35. The van der Waals surface area contributed by atoms with E-state index in [-0.39, 0.29) is 16.0 Å². The minimum atomic E-state index is -3.69. The molecule has 0 aliphatic heterocycles. The van der Waals surface area contributed by atoms with E-state index in [4.69, 9.17) is 5.11 Å². The Hall–Kier alpha value is -2.71. The van der Waals surface area contributed by atoms with Crippen molar-refractivity contribution in [3.63, 3.8) is 0 Å². The van der Waals surface area contributed by atoms with E-state index in [2.05, 4.69) is 5.32 Å². The summed E-state index contributed by atoms with van der Waals surface area (Å²) < 4.78 is 26.9. The summed E-state index contributed by atoms with van der Waals surface area (Å²) in [7, 11) is -3.69. The quantitative estimate of drug-likeness (QED) is 0.756. The summed E-state index contributed by atoms with van der Waals surface area (Å²) in [6.07, 6.45) is 0. The lowest BCUT2D eigenvalue weighted by molar-refractivity contribution is 0.0696. The first-order valence-electron chi connectivity index (χ1n) is 8.46. The number of nitrogens with zero attached hydrogens (tertiary/aromatic N) is 1. The number of sulfonamides is 1. The predicted octanol–water partition coefficient (Wildman–Crippen LogP) is 2.98. The number of rotatable bonds is 7. The molecule has 0 saturated heterocycles. The fourth-order valence-corrected chi connectivity index (χ4v) is 4.33. The van der Waals surface area contributed by atoms with E-state index >= 15 is 0 Å². The normalized spacial score (nSPS) is 11.4. The van der Waals surface area contributed by atoms with Gasteiger partial charge in [-0.25, -0.2) is 13.2 Å². The van der Waals surface area contributed by atoms with Gasteiger partial charge in [-0.05, 0) is 48.9 Å². The molecule has 8 heteroatoms. The molecule has 7 nitrogen and oxygen atoms in total. The Morgan fingerprint density at radius 1 is 1.00 bits per heavy atom. The van der Waals surface area contributed by atoms with Gasteiger partial charge in [-0.2, -0.15) is 4.31 Å². The minimum absolute atomic E-state index is 0.0973. The topological polar surface area (TPSA) is 104 Å². The molecule has 1 amide bonds. The molecular formula is C19H22N2O5S. The standard InChI is InChI=1S/C19H22N2O5S/c1-4-21(5-2)27(25,26)17-12-15(7-6-13(17)3)18(22)20-16-10-8-14(9-11-16)19(23)24/h6-12H,4-5H2,1-3H3,(H,20,22)(H,23,24). The van der Waals surface area contributed by atoms with Crippen LogP contribution < -0.4 is 5.32 Å². The van der Waals surface area contributed by atoms with Gasteiger partial charge in [0.2, 0.25) is 10.0 Å². The van der Waals surface area contributed by atoms with Gasteiger partial charge in [-0.3, -0.25) is 4.79 Å². The first kappa shape index (κ1) is 20.6. The Bertz CT molecular complexity index is 949. The van der Waals surface area contributed by atoms with Crippen molar-refractivity contribution in [2.75, 3.05) is 18.4 Å². The van der Waals surface area contributed by atoms with Gasteiger partial charge in [0, 0.05) is 24.3 Å². The Morgan fingerprint density at radius 3 is 2.07 bits per heavy atom. The molecule has 27 heavy (non-hydrogen) atoms. The second kappa shape index (κ2) is 8.32. The molecule has 0 bridgehead atoms. The SMILES string of the molecule is CCN(CC)S(=O)(=O)c1cc(C(=O)Nc2ccc(C(=O)O)cc2)ccc1C. The molecule has 0 aromatic heterocycles. The molecule has 0 saturated carbocycles. The number of aromatic carboxylic acids is 1. The number of hydrogen-bond donors (Lipinski definition) is 2. The van der Waals surface area contributed by atoms with Crippen LogP contribution in [0.5, 0.6) is 0 Å². The van der Waals surface area contributed by atoms with E-state index in [0.29, 0.717) is 24.3 Å². The van der Waals surface area contributed by atoms with Crippen molar-refractivity contribution in [1.82, 2.24) is 4.31 Å². The molecular weight excluding hydrogens is 368 g/mol. The van der Waals surface area contributed by atoms with E-state index in [9.17, 15) is 18.0 Å². The highest BCUT2D eigenvalue weighted by Crippen LogP contribution is 2.22. The van der Waals surface area contributed by atoms with Gasteiger partial charge in [0.25, 0.3) is 5.91 Å². The number of hydrogen-bond acceptors (Lipinski definition) is 4. The maximum atomic E-state index is 12.8. The highest BCUT2D eigenvalue weighted by molar-refractivity contribution is 7.89. The van der Waals surface area contributed by atoms with Crippen molar-refractivity contribution < 1.29 is 23.1 Å². The molecule has 2 aromatic rings. The molecule has 0 unspecified atom stereocenters. The summed E-state index contributed by atoms with van der Waals surface area (Å²) in [5.74, 6) is -1.54. The summed E-state index contributed by atoms with van der Waals surface area (Å²) in [6.45, 7) is 5.87. The smallest absolute Gasteiger partial charge is 0.335 e. The second-order valence-electron chi connectivity index (χ2n) is 5.91. The largest absolute Gasteiger partial charge is 0.478 e. The highest BCUT2D eigenvalue weighted by atomic mass is 32.2. The van der Waals surface area contributed by atoms with Gasteiger partial charge in [0.15, 0.2) is 0 Å².